The summed E-state index contributed by atoms with van der Waals surface area (Å²) in [5.41, 5.74) is 8.34. The molecule has 18 heavy (non-hydrogen) atoms. The first-order chi connectivity index (χ1) is 8.60. The number of imidazole rings is 1. The Bertz CT molecular complexity index is 582. The van der Waals surface area contributed by atoms with Gasteiger partial charge in [-0.25, -0.2) is 4.98 Å². The lowest BCUT2D eigenvalue weighted by Gasteiger charge is -2.32. The van der Waals surface area contributed by atoms with Crippen LogP contribution in [0.4, 0.5) is 0 Å². The molecule has 96 valence electrons. The molecule has 3 nitrogen and oxygen atoms in total. The zero-order valence-electron chi connectivity index (χ0n) is 10.6. The zero-order valence-corrected chi connectivity index (χ0v) is 11.4. The molecule has 1 aromatic carbocycles. The van der Waals surface area contributed by atoms with E-state index in [9.17, 15) is 0 Å². The van der Waals surface area contributed by atoms with Gasteiger partial charge in [0.05, 0.1) is 16.6 Å². The summed E-state index contributed by atoms with van der Waals surface area (Å²) in [6, 6.07) is 5.80. The van der Waals surface area contributed by atoms with E-state index in [0.717, 1.165) is 34.7 Å². The van der Waals surface area contributed by atoms with E-state index in [-0.39, 0.29) is 5.54 Å². The van der Waals surface area contributed by atoms with Gasteiger partial charge < -0.3 is 10.3 Å². The van der Waals surface area contributed by atoms with Crippen LogP contribution in [0.1, 0.15) is 37.9 Å². The van der Waals surface area contributed by atoms with Crippen LogP contribution in [-0.2, 0) is 12.6 Å². The Kier molecular flexibility index (Phi) is 2.83. The van der Waals surface area contributed by atoms with E-state index in [4.69, 9.17) is 22.3 Å². The van der Waals surface area contributed by atoms with Gasteiger partial charge in [0.25, 0.3) is 0 Å². The summed E-state index contributed by atoms with van der Waals surface area (Å²) in [5.74, 6) is 1.000. The van der Waals surface area contributed by atoms with E-state index in [1.165, 1.54) is 19.3 Å². The van der Waals surface area contributed by atoms with Crippen LogP contribution in [0, 0.1) is 0 Å². The predicted molar refractivity (Wildman–Crippen MR) is 74.7 cm³/mol. The molecule has 0 saturated heterocycles. The molecule has 1 saturated carbocycles. The molecule has 0 radical (unpaired) electrons. The average molecular weight is 264 g/mol. The fourth-order valence-corrected chi connectivity index (χ4v) is 3.18. The number of halogens is 1. The van der Waals surface area contributed by atoms with Gasteiger partial charge in [0.15, 0.2) is 0 Å². The summed E-state index contributed by atoms with van der Waals surface area (Å²) in [5, 5.41) is 0.742. The summed E-state index contributed by atoms with van der Waals surface area (Å²) >= 11 is 6.05. The minimum atomic E-state index is -0.265. The van der Waals surface area contributed by atoms with Crippen LogP contribution in [0.3, 0.4) is 0 Å². The van der Waals surface area contributed by atoms with Gasteiger partial charge in [-0.2, -0.15) is 0 Å². The number of hydrogen-bond donors (Lipinski definition) is 1. The molecule has 1 heterocycles. The quantitative estimate of drug-likeness (QED) is 0.858. The monoisotopic (exact) mass is 263 g/mol. The van der Waals surface area contributed by atoms with Gasteiger partial charge in [-0.05, 0) is 31.0 Å². The van der Waals surface area contributed by atoms with E-state index in [2.05, 4.69) is 4.57 Å². The normalized spacial score (nSPS) is 19.3. The first-order valence-corrected chi connectivity index (χ1v) is 6.89. The Balaban J connectivity index is 2.14. The molecular formula is C14H18ClN3. The highest BCUT2D eigenvalue weighted by atomic mass is 35.5. The van der Waals surface area contributed by atoms with Crippen LogP contribution >= 0.6 is 11.6 Å². The van der Waals surface area contributed by atoms with Crippen LogP contribution in [0.25, 0.3) is 11.0 Å². The summed E-state index contributed by atoms with van der Waals surface area (Å²) in [6.45, 7) is 0. The summed E-state index contributed by atoms with van der Waals surface area (Å²) in [7, 11) is 2.03. The standard InChI is InChI=1S/C14H18ClN3/c1-18-12-9-10(15)5-6-11(12)17-13(18)14(16)7-3-2-4-8-14/h5-6,9H,2-4,7-8,16H2,1H3. The van der Waals surface area contributed by atoms with E-state index in [1.54, 1.807) is 0 Å². The molecule has 1 aliphatic rings. The molecule has 0 atom stereocenters. The van der Waals surface area contributed by atoms with Crippen molar-refractivity contribution in [3.8, 4) is 0 Å². The van der Waals surface area contributed by atoms with Crippen LogP contribution in [0.2, 0.25) is 5.02 Å². The molecule has 0 unspecified atom stereocenters. The second kappa shape index (κ2) is 4.25. The molecule has 2 N–H and O–H groups in total. The molecule has 1 aromatic heterocycles. The topological polar surface area (TPSA) is 43.8 Å². The second-order valence-electron chi connectivity index (χ2n) is 5.34. The van der Waals surface area contributed by atoms with Crippen molar-refractivity contribution < 1.29 is 0 Å². The molecule has 0 bridgehead atoms. The van der Waals surface area contributed by atoms with E-state index in [0.29, 0.717) is 0 Å². The van der Waals surface area contributed by atoms with Gasteiger partial charge in [0.1, 0.15) is 5.82 Å². The summed E-state index contributed by atoms with van der Waals surface area (Å²) < 4.78 is 2.10. The zero-order chi connectivity index (χ0) is 12.8. The number of aryl methyl sites for hydroxylation is 1. The van der Waals surface area contributed by atoms with Crippen molar-refractivity contribution in [2.45, 2.75) is 37.6 Å². The maximum Gasteiger partial charge on any atom is 0.129 e. The van der Waals surface area contributed by atoms with Crippen LogP contribution < -0.4 is 5.73 Å². The molecule has 0 amide bonds. The van der Waals surface area contributed by atoms with Gasteiger partial charge in [-0.15, -0.1) is 0 Å². The van der Waals surface area contributed by atoms with E-state index < -0.39 is 0 Å². The lowest BCUT2D eigenvalue weighted by molar-refractivity contribution is 0.282. The number of fused-ring (bicyclic) bond motifs is 1. The minimum Gasteiger partial charge on any atom is -0.330 e. The number of hydrogen-bond acceptors (Lipinski definition) is 2. The van der Waals surface area contributed by atoms with E-state index in [1.807, 2.05) is 25.2 Å². The third-order valence-corrected chi connectivity index (χ3v) is 4.27. The Labute approximate surface area is 112 Å². The first kappa shape index (κ1) is 12.0. The summed E-state index contributed by atoms with van der Waals surface area (Å²) in [6.07, 6.45) is 5.73. The molecule has 2 aromatic rings. The van der Waals surface area contributed by atoms with Crippen molar-refractivity contribution in [2.75, 3.05) is 0 Å². The van der Waals surface area contributed by atoms with Crippen molar-refractivity contribution in [3.05, 3.63) is 29.0 Å². The van der Waals surface area contributed by atoms with Crippen LogP contribution in [0.5, 0.6) is 0 Å². The van der Waals surface area contributed by atoms with Gasteiger partial charge in [0, 0.05) is 12.1 Å². The smallest absolute Gasteiger partial charge is 0.129 e. The number of aromatic nitrogens is 2. The third-order valence-electron chi connectivity index (χ3n) is 4.03. The highest BCUT2D eigenvalue weighted by molar-refractivity contribution is 6.31. The molecule has 0 aliphatic heterocycles. The predicted octanol–water partition coefficient (Wildman–Crippen LogP) is 3.34. The van der Waals surface area contributed by atoms with Crippen molar-refractivity contribution in [1.82, 2.24) is 9.55 Å². The van der Waals surface area contributed by atoms with Gasteiger partial charge in [-0.1, -0.05) is 30.9 Å². The first-order valence-electron chi connectivity index (χ1n) is 6.51. The maximum absolute atomic E-state index is 6.57. The minimum absolute atomic E-state index is 0.265. The fourth-order valence-electron chi connectivity index (χ4n) is 3.01. The lowest BCUT2D eigenvalue weighted by atomic mass is 9.82. The fraction of sp³-hybridized carbons (Fsp3) is 0.500. The SMILES string of the molecule is Cn1c(C2(N)CCCCC2)nc2ccc(Cl)cc21. The van der Waals surface area contributed by atoms with Crippen molar-refractivity contribution >= 4 is 22.6 Å². The Morgan fingerprint density at radius 1 is 1.28 bits per heavy atom. The number of nitrogens with two attached hydrogens (primary N) is 1. The van der Waals surface area contributed by atoms with E-state index >= 15 is 0 Å². The second-order valence-corrected chi connectivity index (χ2v) is 5.78. The lowest BCUT2D eigenvalue weighted by Crippen LogP contribution is -2.41. The largest absolute Gasteiger partial charge is 0.330 e. The molecular weight excluding hydrogens is 246 g/mol. The third kappa shape index (κ3) is 1.82. The van der Waals surface area contributed by atoms with Crippen LogP contribution in [-0.4, -0.2) is 9.55 Å². The molecule has 0 spiro atoms. The van der Waals surface area contributed by atoms with Crippen molar-refractivity contribution in [1.29, 1.82) is 0 Å². The van der Waals surface area contributed by atoms with Crippen LogP contribution in [0.15, 0.2) is 18.2 Å². The molecule has 4 heteroatoms. The Morgan fingerprint density at radius 3 is 2.72 bits per heavy atom. The van der Waals surface area contributed by atoms with Gasteiger partial charge in [0.2, 0.25) is 0 Å². The van der Waals surface area contributed by atoms with Crippen molar-refractivity contribution in [3.63, 3.8) is 0 Å². The highest BCUT2D eigenvalue weighted by Gasteiger charge is 2.33. The molecule has 3 rings (SSSR count). The Morgan fingerprint density at radius 2 is 2.00 bits per heavy atom. The summed E-state index contributed by atoms with van der Waals surface area (Å²) in [4.78, 5) is 4.73. The number of nitrogens with zero attached hydrogens (tertiary/aromatic N) is 2. The molecule has 1 fully saturated rings. The Hall–Kier alpha value is -1.06. The van der Waals surface area contributed by atoms with Gasteiger partial charge >= 0.3 is 0 Å². The van der Waals surface area contributed by atoms with Gasteiger partial charge in [-0.3, -0.25) is 0 Å². The van der Waals surface area contributed by atoms with Crippen molar-refractivity contribution in [2.24, 2.45) is 12.8 Å². The highest BCUT2D eigenvalue weighted by Crippen LogP contribution is 2.35. The average Bonchev–Trinajstić information content (AvgIpc) is 2.68. The maximum atomic E-state index is 6.57. The molecule has 1 aliphatic carbocycles. The number of benzene rings is 1. The number of rotatable bonds is 1.